The average Bonchev–Trinajstić information content (AvgIpc) is 2.63. The van der Waals surface area contributed by atoms with Gasteiger partial charge in [-0.3, -0.25) is 0 Å². The number of rotatable bonds is 5. The SMILES string of the molecule is O=C(O)c1cc(S(=O)(=O)N2CCOCC2)ccc1Nc1ccccc1. The maximum atomic E-state index is 12.7. The number of aromatic carboxylic acids is 1. The van der Waals surface area contributed by atoms with Crippen molar-refractivity contribution in [1.82, 2.24) is 4.31 Å². The van der Waals surface area contributed by atoms with Crippen molar-refractivity contribution >= 4 is 27.4 Å². The van der Waals surface area contributed by atoms with E-state index in [0.29, 0.717) is 24.6 Å². The fraction of sp³-hybridized carbons (Fsp3) is 0.235. The van der Waals surface area contributed by atoms with E-state index in [1.54, 1.807) is 12.1 Å². The number of nitrogens with one attached hydrogen (secondary N) is 1. The molecule has 25 heavy (non-hydrogen) atoms. The molecule has 3 rings (SSSR count). The molecule has 0 aliphatic carbocycles. The fourth-order valence-corrected chi connectivity index (χ4v) is 4.02. The Kier molecular flexibility index (Phi) is 5.03. The van der Waals surface area contributed by atoms with Gasteiger partial charge in [0.05, 0.1) is 29.4 Å². The van der Waals surface area contributed by atoms with Crippen molar-refractivity contribution < 1.29 is 23.1 Å². The number of carbonyl (C=O) groups is 1. The average molecular weight is 362 g/mol. The molecule has 2 aromatic carbocycles. The van der Waals surface area contributed by atoms with Crippen LogP contribution in [0.1, 0.15) is 10.4 Å². The van der Waals surface area contributed by atoms with Crippen molar-refractivity contribution in [3.05, 3.63) is 54.1 Å². The standard InChI is InChI=1S/C17H18N2O5S/c20-17(21)15-12-14(25(22,23)19-8-10-24-11-9-19)6-7-16(15)18-13-4-2-1-3-5-13/h1-7,12,18H,8-11H2,(H,20,21). The molecule has 7 nitrogen and oxygen atoms in total. The molecule has 0 atom stereocenters. The van der Waals surface area contributed by atoms with Crippen LogP contribution in [0.4, 0.5) is 11.4 Å². The summed E-state index contributed by atoms with van der Waals surface area (Å²) in [7, 11) is -3.75. The highest BCUT2D eigenvalue weighted by molar-refractivity contribution is 7.89. The van der Waals surface area contributed by atoms with Gasteiger partial charge >= 0.3 is 5.97 Å². The molecule has 0 saturated carbocycles. The summed E-state index contributed by atoms with van der Waals surface area (Å²) < 4.78 is 31.9. The summed E-state index contributed by atoms with van der Waals surface area (Å²) in [4.78, 5) is 11.6. The Bertz CT molecular complexity index is 862. The second-order valence-electron chi connectivity index (χ2n) is 5.52. The Balaban J connectivity index is 1.95. The van der Waals surface area contributed by atoms with E-state index in [9.17, 15) is 18.3 Å². The van der Waals surface area contributed by atoms with Gasteiger partial charge < -0.3 is 15.2 Å². The molecule has 1 aliphatic rings. The molecule has 0 aromatic heterocycles. The monoisotopic (exact) mass is 362 g/mol. The van der Waals surface area contributed by atoms with E-state index < -0.39 is 16.0 Å². The van der Waals surface area contributed by atoms with E-state index in [4.69, 9.17) is 4.74 Å². The van der Waals surface area contributed by atoms with Crippen LogP contribution in [0, 0.1) is 0 Å². The van der Waals surface area contributed by atoms with Crippen molar-refractivity contribution in [3.63, 3.8) is 0 Å². The third kappa shape index (κ3) is 3.81. The number of benzene rings is 2. The summed E-state index contributed by atoms with van der Waals surface area (Å²) in [5.41, 5.74) is 0.951. The molecule has 132 valence electrons. The van der Waals surface area contributed by atoms with E-state index in [1.165, 1.54) is 22.5 Å². The lowest BCUT2D eigenvalue weighted by molar-refractivity contribution is 0.0697. The number of para-hydroxylation sites is 1. The van der Waals surface area contributed by atoms with Gasteiger partial charge in [-0.2, -0.15) is 4.31 Å². The highest BCUT2D eigenvalue weighted by Gasteiger charge is 2.27. The number of morpholine rings is 1. The topological polar surface area (TPSA) is 95.9 Å². The largest absolute Gasteiger partial charge is 0.478 e. The van der Waals surface area contributed by atoms with Gasteiger partial charge in [0.15, 0.2) is 0 Å². The number of nitrogens with zero attached hydrogens (tertiary/aromatic N) is 1. The Morgan fingerprint density at radius 2 is 1.76 bits per heavy atom. The smallest absolute Gasteiger partial charge is 0.337 e. The molecular formula is C17H18N2O5S. The molecule has 1 saturated heterocycles. The maximum Gasteiger partial charge on any atom is 0.337 e. The van der Waals surface area contributed by atoms with Gasteiger partial charge in [-0.15, -0.1) is 0 Å². The third-order valence-electron chi connectivity index (χ3n) is 3.88. The molecule has 0 radical (unpaired) electrons. The fourth-order valence-electron chi connectivity index (χ4n) is 2.58. The summed E-state index contributed by atoms with van der Waals surface area (Å²) in [6, 6.07) is 13.2. The van der Waals surface area contributed by atoms with Crippen molar-refractivity contribution in [2.75, 3.05) is 31.6 Å². The van der Waals surface area contributed by atoms with Gasteiger partial charge in [0.25, 0.3) is 0 Å². The second-order valence-corrected chi connectivity index (χ2v) is 7.46. The van der Waals surface area contributed by atoms with Gasteiger partial charge in [0, 0.05) is 18.8 Å². The lowest BCUT2D eigenvalue weighted by atomic mass is 10.1. The molecule has 1 aliphatic heterocycles. The first-order chi connectivity index (χ1) is 12.0. The molecule has 1 heterocycles. The van der Waals surface area contributed by atoms with E-state index in [1.807, 2.05) is 18.2 Å². The van der Waals surface area contributed by atoms with Crippen molar-refractivity contribution in [1.29, 1.82) is 0 Å². The van der Waals surface area contributed by atoms with E-state index >= 15 is 0 Å². The minimum Gasteiger partial charge on any atom is -0.478 e. The minimum atomic E-state index is -3.75. The molecule has 0 bridgehead atoms. The van der Waals surface area contributed by atoms with Crippen LogP contribution in [0.25, 0.3) is 0 Å². The predicted octanol–water partition coefficient (Wildman–Crippen LogP) is 2.15. The van der Waals surface area contributed by atoms with Gasteiger partial charge in [-0.05, 0) is 30.3 Å². The van der Waals surface area contributed by atoms with Crippen LogP contribution in [-0.2, 0) is 14.8 Å². The van der Waals surface area contributed by atoms with Gasteiger partial charge in [0.2, 0.25) is 10.0 Å². The number of hydrogen-bond donors (Lipinski definition) is 2. The highest BCUT2D eigenvalue weighted by Crippen LogP contribution is 2.26. The third-order valence-corrected chi connectivity index (χ3v) is 5.78. The maximum absolute atomic E-state index is 12.7. The van der Waals surface area contributed by atoms with Crippen LogP contribution in [-0.4, -0.2) is 50.1 Å². The van der Waals surface area contributed by atoms with Gasteiger partial charge in [-0.1, -0.05) is 18.2 Å². The molecule has 8 heteroatoms. The Morgan fingerprint density at radius 3 is 2.40 bits per heavy atom. The zero-order valence-electron chi connectivity index (χ0n) is 13.4. The molecule has 1 fully saturated rings. The molecule has 2 aromatic rings. The van der Waals surface area contributed by atoms with Crippen molar-refractivity contribution in [2.45, 2.75) is 4.90 Å². The number of ether oxygens (including phenoxy) is 1. The lowest BCUT2D eigenvalue weighted by Gasteiger charge is -2.26. The van der Waals surface area contributed by atoms with Crippen molar-refractivity contribution in [2.24, 2.45) is 0 Å². The Morgan fingerprint density at radius 1 is 1.08 bits per heavy atom. The van der Waals surface area contributed by atoms with Gasteiger partial charge in [-0.25, -0.2) is 13.2 Å². The predicted molar refractivity (Wildman–Crippen MR) is 92.7 cm³/mol. The molecular weight excluding hydrogens is 344 g/mol. The van der Waals surface area contributed by atoms with Crippen LogP contribution in [0.3, 0.4) is 0 Å². The van der Waals surface area contributed by atoms with E-state index in [-0.39, 0.29) is 23.5 Å². The molecule has 0 spiro atoms. The minimum absolute atomic E-state index is 0.0367. The summed E-state index contributed by atoms with van der Waals surface area (Å²) in [6.45, 7) is 1.18. The van der Waals surface area contributed by atoms with Crippen LogP contribution < -0.4 is 5.32 Å². The zero-order valence-corrected chi connectivity index (χ0v) is 14.2. The van der Waals surface area contributed by atoms with Crippen LogP contribution in [0.2, 0.25) is 0 Å². The first-order valence-corrected chi connectivity index (χ1v) is 9.20. The number of anilines is 2. The van der Waals surface area contributed by atoms with E-state index in [2.05, 4.69) is 5.32 Å². The Hall–Kier alpha value is -2.42. The quantitative estimate of drug-likeness (QED) is 0.846. The zero-order chi connectivity index (χ0) is 17.9. The van der Waals surface area contributed by atoms with Crippen molar-refractivity contribution in [3.8, 4) is 0 Å². The molecule has 0 amide bonds. The summed E-state index contributed by atoms with van der Waals surface area (Å²) in [6.07, 6.45) is 0. The second kappa shape index (κ2) is 7.22. The van der Waals surface area contributed by atoms with Gasteiger partial charge in [0.1, 0.15) is 0 Å². The number of carboxylic acids is 1. The number of sulfonamides is 1. The van der Waals surface area contributed by atoms with Crippen LogP contribution in [0.5, 0.6) is 0 Å². The summed E-state index contributed by atoms with van der Waals surface area (Å²) >= 11 is 0. The number of carboxylic acid groups (broad SMARTS) is 1. The molecule has 2 N–H and O–H groups in total. The first-order valence-electron chi connectivity index (χ1n) is 7.76. The van der Waals surface area contributed by atoms with Crippen LogP contribution in [0.15, 0.2) is 53.4 Å². The lowest BCUT2D eigenvalue weighted by Crippen LogP contribution is -2.40. The summed E-state index contributed by atoms with van der Waals surface area (Å²) in [5.74, 6) is -1.20. The van der Waals surface area contributed by atoms with E-state index in [0.717, 1.165) is 0 Å². The highest BCUT2D eigenvalue weighted by atomic mass is 32.2. The number of hydrogen-bond acceptors (Lipinski definition) is 5. The normalized spacial score (nSPS) is 15.7. The van der Waals surface area contributed by atoms with Crippen LogP contribution >= 0.6 is 0 Å². The first kappa shape index (κ1) is 17.4. The Labute approximate surface area is 145 Å². The summed E-state index contributed by atoms with van der Waals surface area (Å²) in [5, 5.41) is 12.5. The molecule has 0 unspecified atom stereocenters.